The molecule has 0 bridgehead atoms. The van der Waals surface area contributed by atoms with Crippen LogP contribution in [-0.2, 0) is 16.1 Å². The first-order valence-electron chi connectivity index (χ1n) is 9.32. The van der Waals surface area contributed by atoms with Gasteiger partial charge in [0.15, 0.2) is 0 Å². The van der Waals surface area contributed by atoms with E-state index in [9.17, 15) is 18.4 Å². The molecule has 8 heteroatoms. The van der Waals surface area contributed by atoms with E-state index in [0.717, 1.165) is 17.7 Å². The largest absolute Gasteiger partial charge is 0.445 e. The average molecular weight is 420 g/mol. The monoisotopic (exact) mass is 420 g/mol. The van der Waals surface area contributed by atoms with Crippen molar-refractivity contribution in [2.75, 3.05) is 25.4 Å². The maximum atomic E-state index is 14.0. The molecule has 1 heterocycles. The molecule has 154 valence electrons. The minimum absolute atomic E-state index is 0.127. The Labute approximate surface area is 172 Å². The van der Waals surface area contributed by atoms with E-state index in [0.29, 0.717) is 30.8 Å². The number of nitrogens with one attached hydrogen (secondary N) is 1. The molecule has 0 radical (unpaired) electrons. The van der Waals surface area contributed by atoms with E-state index >= 15 is 0 Å². The Morgan fingerprint density at radius 3 is 2.72 bits per heavy atom. The van der Waals surface area contributed by atoms with Gasteiger partial charge in [-0.1, -0.05) is 30.3 Å². The zero-order valence-electron chi connectivity index (χ0n) is 15.8. The molecular weight excluding hydrogens is 398 g/mol. The minimum atomic E-state index is -0.661. The predicted molar refractivity (Wildman–Crippen MR) is 107 cm³/mol. The van der Waals surface area contributed by atoms with Gasteiger partial charge in [-0.05, 0) is 30.2 Å². The van der Waals surface area contributed by atoms with Crippen LogP contribution in [0.2, 0.25) is 0 Å². The van der Waals surface area contributed by atoms with Gasteiger partial charge in [0.05, 0.1) is 0 Å². The van der Waals surface area contributed by atoms with Crippen LogP contribution in [-0.4, -0.2) is 42.3 Å². The maximum Gasteiger partial charge on any atom is 0.407 e. The van der Waals surface area contributed by atoms with Crippen LogP contribution in [0.25, 0.3) is 0 Å². The summed E-state index contributed by atoms with van der Waals surface area (Å²) < 4.78 is 32.6. The van der Waals surface area contributed by atoms with E-state index in [1.54, 1.807) is 4.90 Å². The van der Waals surface area contributed by atoms with Crippen LogP contribution in [0.4, 0.5) is 13.6 Å². The van der Waals surface area contributed by atoms with Crippen LogP contribution in [0.15, 0.2) is 48.5 Å². The lowest BCUT2D eigenvalue weighted by Gasteiger charge is -2.20. The van der Waals surface area contributed by atoms with E-state index in [1.807, 2.05) is 30.3 Å². The third-order valence-corrected chi connectivity index (χ3v) is 5.91. The Morgan fingerprint density at radius 2 is 1.93 bits per heavy atom. The first kappa shape index (κ1) is 21.1. The average Bonchev–Trinajstić information content (AvgIpc) is 2.99. The third-order valence-electron chi connectivity index (χ3n) is 4.60. The number of alkyl carbamates (subject to hydrolysis) is 1. The predicted octanol–water partition coefficient (Wildman–Crippen LogP) is 3.90. The number of nitrogens with zero attached hydrogens (tertiary/aromatic N) is 1. The molecule has 29 heavy (non-hydrogen) atoms. The quantitative estimate of drug-likeness (QED) is 0.797. The van der Waals surface area contributed by atoms with Crippen LogP contribution in [0.3, 0.4) is 0 Å². The molecule has 1 saturated heterocycles. The van der Waals surface area contributed by atoms with E-state index in [-0.39, 0.29) is 24.3 Å². The molecule has 1 aliphatic heterocycles. The number of benzene rings is 2. The van der Waals surface area contributed by atoms with E-state index in [4.69, 9.17) is 4.74 Å². The topological polar surface area (TPSA) is 58.6 Å². The molecule has 1 atom stereocenters. The summed E-state index contributed by atoms with van der Waals surface area (Å²) in [6.07, 6.45) is -0.152. The summed E-state index contributed by atoms with van der Waals surface area (Å²) in [6, 6.07) is 12.7. The molecule has 0 aromatic heterocycles. The first-order chi connectivity index (χ1) is 14.0. The number of hydrogen-bond acceptors (Lipinski definition) is 4. The van der Waals surface area contributed by atoms with Gasteiger partial charge >= 0.3 is 6.09 Å². The van der Waals surface area contributed by atoms with Gasteiger partial charge in [0.25, 0.3) is 0 Å². The molecule has 2 aromatic rings. The molecule has 1 aliphatic rings. The standard InChI is InChI=1S/C21H22F2N2O3S/c22-16-6-7-18(23)17(12-16)19-8-9-25(10-11-29-19)20(26)13-24-21(27)28-14-15-4-2-1-3-5-15/h1-7,12,19H,8-11,13-14H2,(H,24,27). The van der Waals surface area contributed by atoms with Crippen molar-refractivity contribution in [3.63, 3.8) is 0 Å². The minimum Gasteiger partial charge on any atom is -0.445 e. The Morgan fingerprint density at radius 1 is 1.14 bits per heavy atom. The lowest BCUT2D eigenvalue weighted by Crippen LogP contribution is -2.41. The number of thioether (sulfide) groups is 1. The number of amides is 2. The van der Waals surface area contributed by atoms with Gasteiger partial charge in [-0.2, -0.15) is 11.8 Å². The second-order valence-electron chi connectivity index (χ2n) is 6.61. The van der Waals surface area contributed by atoms with Gasteiger partial charge in [0.1, 0.15) is 24.8 Å². The van der Waals surface area contributed by atoms with Crippen LogP contribution >= 0.6 is 11.8 Å². The van der Waals surface area contributed by atoms with E-state index in [1.165, 1.54) is 17.8 Å². The highest BCUT2D eigenvalue weighted by Crippen LogP contribution is 2.36. The molecule has 5 nitrogen and oxygen atoms in total. The zero-order chi connectivity index (χ0) is 20.6. The van der Waals surface area contributed by atoms with Gasteiger partial charge in [-0.15, -0.1) is 0 Å². The van der Waals surface area contributed by atoms with Crippen LogP contribution in [0, 0.1) is 11.6 Å². The fourth-order valence-electron chi connectivity index (χ4n) is 3.06. The van der Waals surface area contributed by atoms with Crippen molar-refractivity contribution in [3.8, 4) is 0 Å². The fraction of sp³-hybridized carbons (Fsp3) is 0.333. The lowest BCUT2D eigenvalue weighted by atomic mass is 10.1. The highest BCUT2D eigenvalue weighted by Gasteiger charge is 2.24. The normalized spacial score (nSPS) is 16.8. The van der Waals surface area contributed by atoms with Gasteiger partial charge in [-0.25, -0.2) is 13.6 Å². The highest BCUT2D eigenvalue weighted by atomic mass is 32.2. The summed E-state index contributed by atoms with van der Waals surface area (Å²) in [5.74, 6) is -0.545. The van der Waals surface area contributed by atoms with E-state index in [2.05, 4.69) is 5.32 Å². The molecule has 0 saturated carbocycles. The van der Waals surface area contributed by atoms with Crippen LogP contribution in [0.5, 0.6) is 0 Å². The van der Waals surface area contributed by atoms with Crippen molar-refractivity contribution in [1.29, 1.82) is 0 Å². The number of hydrogen-bond donors (Lipinski definition) is 1. The Balaban J connectivity index is 1.45. The number of carbonyl (C=O) groups excluding carboxylic acids is 2. The molecule has 3 rings (SSSR count). The van der Waals surface area contributed by atoms with Gasteiger partial charge in [0, 0.05) is 29.7 Å². The Kier molecular flexibility index (Phi) is 7.46. The van der Waals surface area contributed by atoms with Crippen molar-refractivity contribution in [1.82, 2.24) is 10.2 Å². The first-order valence-corrected chi connectivity index (χ1v) is 10.4. The van der Waals surface area contributed by atoms with Crippen molar-refractivity contribution >= 4 is 23.8 Å². The number of rotatable bonds is 5. The molecule has 0 spiro atoms. The molecule has 1 unspecified atom stereocenters. The van der Waals surface area contributed by atoms with Gasteiger partial charge < -0.3 is 15.0 Å². The smallest absolute Gasteiger partial charge is 0.407 e. The van der Waals surface area contributed by atoms with Crippen LogP contribution < -0.4 is 5.32 Å². The Bertz CT molecular complexity index is 851. The summed E-state index contributed by atoms with van der Waals surface area (Å²) in [6.45, 7) is 0.851. The molecule has 1 N–H and O–H groups in total. The van der Waals surface area contributed by atoms with Gasteiger partial charge in [0.2, 0.25) is 5.91 Å². The zero-order valence-corrected chi connectivity index (χ0v) is 16.6. The fourth-order valence-corrected chi connectivity index (χ4v) is 4.31. The summed E-state index contributed by atoms with van der Waals surface area (Å²) in [5, 5.41) is 2.25. The molecular formula is C21H22F2N2O3S. The number of ether oxygens (including phenoxy) is 1. The van der Waals surface area contributed by atoms with E-state index < -0.39 is 17.7 Å². The summed E-state index contributed by atoms with van der Waals surface area (Å²) >= 11 is 1.50. The van der Waals surface area contributed by atoms with Crippen molar-refractivity contribution in [2.45, 2.75) is 18.3 Å². The molecule has 0 aliphatic carbocycles. The molecule has 1 fully saturated rings. The third kappa shape index (κ3) is 6.19. The number of carbonyl (C=O) groups is 2. The second-order valence-corrected chi connectivity index (χ2v) is 7.92. The summed E-state index contributed by atoms with van der Waals surface area (Å²) in [5.41, 5.74) is 1.18. The van der Waals surface area contributed by atoms with Crippen molar-refractivity contribution < 1.29 is 23.1 Å². The van der Waals surface area contributed by atoms with Gasteiger partial charge in [-0.3, -0.25) is 4.79 Å². The Hall–Kier alpha value is -2.61. The maximum absolute atomic E-state index is 14.0. The molecule has 2 aromatic carbocycles. The van der Waals surface area contributed by atoms with Crippen LogP contribution in [0.1, 0.15) is 22.8 Å². The highest BCUT2D eigenvalue weighted by molar-refractivity contribution is 7.99. The summed E-state index contributed by atoms with van der Waals surface area (Å²) in [7, 11) is 0. The number of halogens is 2. The molecule has 2 amide bonds. The summed E-state index contributed by atoms with van der Waals surface area (Å²) in [4.78, 5) is 25.8. The SMILES string of the molecule is O=C(NCC(=O)N1CCSC(c2cc(F)ccc2F)CC1)OCc1ccccc1. The second kappa shape index (κ2) is 10.2. The lowest BCUT2D eigenvalue weighted by molar-refractivity contribution is -0.129. The van der Waals surface area contributed by atoms with Crippen molar-refractivity contribution in [3.05, 3.63) is 71.3 Å². The van der Waals surface area contributed by atoms with Crippen molar-refractivity contribution in [2.24, 2.45) is 0 Å².